The number of fused-ring (bicyclic) bond motifs is 2. The molecule has 7 nitrogen and oxygen atoms in total. The summed E-state index contributed by atoms with van der Waals surface area (Å²) in [7, 11) is 0. The molecule has 1 fully saturated rings. The number of hydrogen-bond acceptors (Lipinski definition) is 6. The number of H-pyrrole nitrogens is 1. The monoisotopic (exact) mass is 549 g/mol. The number of benzene rings is 4. The number of aromatic amines is 1. The Balaban J connectivity index is 1.40. The van der Waals surface area contributed by atoms with Crippen molar-refractivity contribution >= 4 is 33.6 Å². The summed E-state index contributed by atoms with van der Waals surface area (Å²) in [5.41, 5.74) is 3.44. The van der Waals surface area contributed by atoms with Crippen LogP contribution in [0, 0.1) is 5.92 Å². The highest BCUT2D eigenvalue weighted by molar-refractivity contribution is 5.99. The average molecular weight is 550 g/mol. The molecule has 7 heteroatoms. The number of carbonyl (C=O) groups is 2. The predicted octanol–water partition coefficient (Wildman–Crippen LogP) is 6.88. The SMILES string of the molecule is CCOc1cc([C@H](c2c[nH]c3ccccc23)C2C(=O)OC(C)(C)OC2=O)ccc1OCc1cccc2ccccc12. The molecule has 0 radical (unpaired) electrons. The zero-order chi connectivity index (χ0) is 28.6. The lowest BCUT2D eigenvalue weighted by Gasteiger charge is -2.36. The number of nitrogens with one attached hydrogen (secondary N) is 1. The first kappa shape index (κ1) is 26.4. The van der Waals surface area contributed by atoms with Gasteiger partial charge in [-0.1, -0.05) is 66.7 Å². The molecular weight excluding hydrogens is 518 g/mol. The lowest BCUT2D eigenvalue weighted by molar-refractivity contribution is -0.240. The van der Waals surface area contributed by atoms with Crippen LogP contribution in [0.2, 0.25) is 0 Å². The summed E-state index contributed by atoms with van der Waals surface area (Å²) in [6.45, 7) is 5.76. The number of para-hydroxylation sites is 1. The molecular formula is C34H31NO6. The van der Waals surface area contributed by atoms with Gasteiger partial charge in [0, 0.05) is 36.9 Å². The van der Waals surface area contributed by atoms with Crippen molar-refractivity contribution in [2.24, 2.45) is 5.92 Å². The summed E-state index contributed by atoms with van der Waals surface area (Å²) in [5.74, 6) is -3.38. The molecule has 1 saturated heterocycles. The Kier molecular flexibility index (Phi) is 6.87. The molecule has 0 amide bonds. The van der Waals surface area contributed by atoms with Gasteiger partial charge in [0.1, 0.15) is 6.61 Å². The fourth-order valence-corrected chi connectivity index (χ4v) is 5.58. The van der Waals surface area contributed by atoms with Crippen LogP contribution in [-0.2, 0) is 25.7 Å². The number of rotatable bonds is 8. The van der Waals surface area contributed by atoms with Gasteiger partial charge in [0.25, 0.3) is 5.79 Å². The molecule has 1 aliphatic heterocycles. The Bertz CT molecular complexity index is 1730. The van der Waals surface area contributed by atoms with Gasteiger partial charge in [0.05, 0.1) is 6.61 Å². The summed E-state index contributed by atoms with van der Waals surface area (Å²) in [6, 6.07) is 27.6. The van der Waals surface area contributed by atoms with Crippen molar-refractivity contribution in [2.45, 2.75) is 39.1 Å². The molecule has 5 aromatic rings. The maximum atomic E-state index is 13.3. The van der Waals surface area contributed by atoms with E-state index in [2.05, 4.69) is 23.2 Å². The molecule has 1 aliphatic rings. The summed E-state index contributed by atoms with van der Waals surface area (Å²) in [6.07, 6.45) is 1.83. The first-order valence-corrected chi connectivity index (χ1v) is 13.7. The standard InChI is InChI=1S/C34H31NO6/c1-4-38-29-18-22(16-17-28(29)39-20-23-12-9-11-21-10-5-6-13-24(21)23)30(26-19-35-27-15-8-7-14-25(26)27)31-32(36)40-34(2,3)41-33(31)37/h5-19,30-31,35H,4,20H2,1-3H3/t30-/m1/s1. The summed E-state index contributed by atoms with van der Waals surface area (Å²) in [4.78, 5) is 29.9. The van der Waals surface area contributed by atoms with Crippen LogP contribution in [0.15, 0.2) is 91.1 Å². The van der Waals surface area contributed by atoms with Crippen molar-refractivity contribution < 1.29 is 28.5 Å². The largest absolute Gasteiger partial charge is 0.490 e. The smallest absolute Gasteiger partial charge is 0.324 e. The number of aromatic nitrogens is 1. The molecule has 0 aliphatic carbocycles. The molecule has 0 unspecified atom stereocenters. The second kappa shape index (κ2) is 10.7. The van der Waals surface area contributed by atoms with E-state index in [1.807, 2.05) is 79.9 Å². The number of carbonyl (C=O) groups excluding carboxylic acids is 2. The summed E-state index contributed by atoms with van der Waals surface area (Å²) < 4.78 is 23.4. The lowest BCUT2D eigenvalue weighted by Crippen LogP contribution is -2.48. The Morgan fingerprint density at radius 1 is 0.829 bits per heavy atom. The van der Waals surface area contributed by atoms with E-state index in [1.165, 1.54) is 0 Å². The van der Waals surface area contributed by atoms with Crippen molar-refractivity contribution in [2.75, 3.05) is 6.61 Å². The van der Waals surface area contributed by atoms with Gasteiger partial charge in [-0.15, -0.1) is 0 Å². The number of esters is 2. The van der Waals surface area contributed by atoms with Crippen molar-refractivity contribution in [3.8, 4) is 11.5 Å². The molecule has 1 N–H and O–H groups in total. The van der Waals surface area contributed by atoms with Gasteiger partial charge >= 0.3 is 11.9 Å². The molecule has 4 aromatic carbocycles. The normalized spacial score (nSPS) is 15.9. The third-order valence-electron chi connectivity index (χ3n) is 7.38. The van der Waals surface area contributed by atoms with E-state index < -0.39 is 29.6 Å². The Hall–Kier alpha value is -4.78. The highest BCUT2D eigenvalue weighted by Gasteiger charge is 2.48. The molecule has 6 rings (SSSR count). The van der Waals surface area contributed by atoms with E-state index in [0.717, 1.165) is 32.8 Å². The fraction of sp³-hybridized carbons (Fsp3) is 0.235. The molecule has 2 heterocycles. The van der Waals surface area contributed by atoms with Crippen molar-refractivity contribution in [3.63, 3.8) is 0 Å². The second-order valence-electron chi connectivity index (χ2n) is 10.6. The van der Waals surface area contributed by atoms with E-state index in [0.29, 0.717) is 30.3 Å². The number of cyclic esters (lactones) is 2. The first-order valence-electron chi connectivity index (χ1n) is 13.7. The van der Waals surface area contributed by atoms with Crippen molar-refractivity contribution in [3.05, 3.63) is 108 Å². The summed E-state index contributed by atoms with van der Waals surface area (Å²) in [5, 5.41) is 3.17. The van der Waals surface area contributed by atoms with E-state index in [1.54, 1.807) is 13.8 Å². The van der Waals surface area contributed by atoms with Crippen LogP contribution in [0.4, 0.5) is 0 Å². The zero-order valence-electron chi connectivity index (χ0n) is 23.2. The number of ether oxygens (including phenoxy) is 4. The highest BCUT2D eigenvalue weighted by atomic mass is 16.7. The lowest BCUT2D eigenvalue weighted by atomic mass is 9.80. The maximum absolute atomic E-state index is 13.3. The Morgan fingerprint density at radius 3 is 2.32 bits per heavy atom. The van der Waals surface area contributed by atoms with E-state index in [9.17, 15) is 9.59 Å². The van der Waals surface area contributed by atoms with Gasteiger partial charge in [-0.05, 0) is 52.6 Å². The fourth-order valence-electron chi connectivity index (χ4n) is 5.58. The third-order valence-corrected chi connectivity index (χ3v) is 7.38. The predicted molar refractivity (Wildman–Crippen MR) is 156 cm³/mol. The Labute approximate surface area is 238 Å². The topological polar surface area (TPSA) is 86.9 Å². The molecule has 1 aromatic heterocycles. The first-order chi connectivity index (χ1) is 19.8. The summed E-state index contributed by atoms with van der Waals surface area (Å²) >= 11 is 0. The molecule has 208 valence electrons. The van der Waals surface area contributed by atoms with E-state index in [4.69, 9.17) is 18.9 Å². The highest BCUT2D eigenvalue weighted by Crippen LogP contribution is 2.43. The van der Waals surface area contributed by atoms with E-state index >= 15 is 0 Å². The van der Waals surface area contributed by atoms with Gasteiger partial charge < -0.3 is 23.9 Å². The van der Waals surface area contributed by atoms with Gasteiger partial charge in [0.2, 0.25) is 0 Å². The van der Waals surface area contributed by atoms with Crippen LogP contribution >= 0.6 is 0 Å². The van der Waals surface area contributed by atoms with Gasteiger partial charge in [-0.25, -0.2) is 0 Å². The van der Waals surface area contributed by atoms with Crippen LogP contribution in [-0.4, -0.2) is 29.3 Å². The van der Waals surface area contributed by atoms with Gasteiger partial charge in [0.15, 0.2) is 17.4 Å². The van der Waals surface area contributed by atoms with Crippen LogP contribution in [0.25, 0.3) is 21.7 Å². The van der Waals surface area contributed by atoms with Crippen LogP contribution in [0.3, 0.4) is 0 Å². The number of hydrogen-bond donors (Lipinski definition) is 1. The van der Waals surface area contributed by atoms with Crippen molar-refractivity contribution in [1.29, 1.82) is 0 Å². The second-order valence-corrected chi connectivity index (χ2v) is 10.6. The third kappa shape index (κ3) is 5.11. The van der Waals surface area contributed by atoms with Crippen LogP contribution in [0.5, 0.6) is 11.5 Å². The maximum Gasteiger partial charge on any atom is 0.324 e. The Morgan fingerprint density at radius 2 is 1.54 bits per heavy atom. The van der Waals surface area contributed by atoms with Crippen LogP contribution < -0.4 is 9.47 Å². The van der Waals surface area contributed by atoms with Gasteiger partial charge in [-0.2, -0.15) is 0 Å². The van der Waals surface area contributed by atoms with Gasteiger partial charge in [-0.3, -0.25) is 9.59 Å². The minimum atomic E-state index is -1.33. The average Bonchev–Trinajstić information content (AvgIpc) is 3.37. The minimum Gasteiger partial charge on any atom is -0.490 e. The molecule has 0 spiro atoms. The minimum absolute atomic E-state index is 0.350. The molecule has 0 saturated carbocycles. The van der Waals surface area contributed by atoms with Crippen molar-refractivity contribution in [1.82, 2.24) is 4.98 Å². The molecule has 41 heavy (non-hydrogen) atoms. The quantitative estimate of drug-likeness (QED) is 0.168. The molecule has 1 atom stereocenters. The molecule has 0 bridgehead atoms. The zero-order valence-corrected chi connectivity index (χ0v) is 23.2. The van der Waals surface area contributed by atoms with E-state index in [-0.39, 0.29) is 0 Å². The van der Waals surface area contributed by atoms with Crippen LogP contribution in [0.1, 0.15) is 43.4 Å².